The first-order valence-corrected chi connectivity index (χ1v) is 9.13. The average Bonchev–Trinajstić information content (AvgIpc) is 3.17. The highest BCUT2D eigenvalue weighted by molar-refractivity contribution is 5.81. The van der Waals surface area contributed by atoms with Crippen LogP contribution < -0.4 is 9.47 Å². The van der Waals surface area contributed by atoms with Crippen molar-refractivity contribution >= 4 is 5.91 Å². The monoisotopic (exact) mass is 379 g/mol. The number of rotatable bonds is 6. The number of amides is 1. The number of likely N-dealkylation sites (tertiary alicyclic amines) is 1. The van der Waals surface area contributed by atoms with E-state index >= 15 is 0 Å². The molecule has 1 fully saturated rings. The minimum absolute atomic E-state index is 0.0313. The first-order valence-electron chi connectivity index (χ1n) is 9.13. The van der Waals surface area contributed by atoms with Crippen molar-refractivity contribution in [3.63, 3.8) is 0 Å². The second kappa shape index (κ2) is 7.72. The molecule has 1 saturated heterocycles. The molecular weight excluding hydrogens is 358 g/mol. The minimum Gasteiger partial charge on any atom is -0.496 e. The molecule has 1 atom stereocenters. The maximum absolute atomic E-state index is 12.5. The second-order valence-electron chi connectivity index (χ2n) is 6.67. The number of aromatic nitrogens is 2. The van der Waals surface area contributed by atoms with Gasteiger partial charge in [0.25, 0.3) is 5.91 Å². The van der Waals surface area contributed by atoms with Crippen molar-refractivity contribution in [1.29, 1.82) is 0 Å². The Morgan fingerprint density at radius 1 is 1.14 bits per heavy atom. The van der Waals surface area contributed by atoms with Crippen molar-refractivity contribution in [2.24, 2.45) is 0 Å². The molecule has 1 unspecified atom stereocenters. The number of nitrogens with zero attached hydrogens (tertiary/aromatic N) is 3. The molecule has 0 aliphatic carbocycles. The number of hydrogen-bond acceptors (Lipinski definition) is 6. The predicted octanol–water partition coefficient (Wildman–Crippen LogP) is 3.14. The van der Waals surface area contributed by atoms with Gasteiger partial charge in [0.2, 0.25) is 11.7 Å². The van der Waals surface area contributed by atoms with E-state index in [-0.39, 0.29) is 11.8 Å². The SMILES string of the molecule is COc1ccccc1-c1noc(C2CN(C(=O)C(C)Oc3ccccc3)C2)n1. The summed E-state index contributed by atoms with van der Waals surface area (Å²) in [5.41, 5.74) is 0.775. The number of benzene rings is 2. The summed E-state index contributed by atoms with van der Waals surface area (Å²) < 4.78 is 16.5. The zero-order chi connectivity index (χ0) is 19.5. The lowest BCUT2D eigenvalue weighted by Gasteiger charge is -2.38. The van der Waals surface area contributed by atoms with E-state index in [2.05, 4.69) is 10.1 Å². The molecular formula is C21H21N3O4. The van der Waals surface area contributed by atoms with E-state index in [9.17, 15) is 4.79 Å². The largest absolute Gasteiger partial charge is 0.496 e. The van der Waals surface area contributed by atoms with Gasteiger partial charge in [-0.15, -0.1) is 0 Å². The van der Waals surface area contributed by atoms with Crippen LogP contribution >= 0.6 is 0 Å². The third-order valence-corrected chi connectivity index (χ3v) is 4.74. The van der Waals surface area contributed by atoms with E-state index in [1.807, 2.05) is 54.6 Å². The Hall–Kier alpha value is -3.35. The molecule has 1 amide bonds. The zero-order valence-electron chi connectivity index (χ0n) is 15.7. The number of hydrogen-bond donors (Lipinski definition) is 0. The van der Waals surface area contributed by atoms with Crippen molar-refractivity contribution in [3.05, 3.63) is 60.5 Å². The van der Waals surface area contributed by atoms with E-state index in [1.165, 1.54) is 0 Å². The maximum atomic E-state index is 12.5. The average molecular weight is 379 g/mol. The molecule has 7 heteroatoms. The molecule has 0 radical (unpaired) electrons. The number of carbonyl (C=O) groups excluding carboxylic acids is 1. The van der Waals surface area contributed by atoms with E-state index < -0.39 is 6.10 Å². The van der Waals surface area contributed by atoms with E-state index in [4.69, 9.17) is 14.0 Å². The van der Waals surface area contributed by atoms with Gasteiger partial charge >= 0.3 is 0 Å². The van der Waals surface area contributed by atoms with E-state index in [0.29, 0.717) is 36.3 Å². The predicted molar refractivity (Wildman–Crippen MR) is 102 cm³/mol. The molecule has 2 aromatic carbocycles. The van der Waals surface area contributed by atoms with Gasteiger partial charge in [-0.3, -0.25) is 4.79 Å². The Kier molecular flexibility index (Phi) is 4.97. The van der Waals surface area contributed by atoms with Gasteiger partial charge in [0, 0.05) is 13.1 Å². The topological polar surface area (TPSA) is 77.7 Å². The highest BCUT2D eigenvalue weighted by Crippen LogP contribution is 2.31. The molecule has 2 heterocycles. The van der Waals surface area contributed by atoms with Crippen LogP contribution in [0.25, 0.3) is 11.4 Å². The van der Waals surface area contributed by atoms with Gasteiger partial charge < -0.3 is 18.9 Å². The Labute approximate surface area is 162 Å². The summed E-state index contributed by atoms with van der Waals surface area (Å²) in [6.45, 7) is 2.83. The summed E-state index contributed by atoms with van der Waals surface area (Å²) >= 11 is 0. The summed E-state index contributed by atoms with van der Waals surface area (Å²) in [7, 11) is 1.61. The quantitative estimate of drug-likeness (QED) is 0.655. The van der Waals surface area contributed by atoms with E-state index in [1.54, 1.807) is 18.9 Å². The number of methoxy groups -OCH3 is 1. The molecule has 1 aromatic heterocycles. The summed E-state index contributed by atoms with van der Waals surface area (Å²) in [6, 6.07) is 16.8. The molecule has 1 aliphatic rings. The Bertz CT molecular complexity index is 951. The molecule has 1 aliphatic heterocycles. The summed E-state index contributed by atoms with van der Waals surface area (Å²) in [5.74, 6) is 2.36. The molecule has 4 rings (SSSR count). The second-order valence-corrected chi connectivity index (χ2v) is 6.67. The number of carbonyl (C=O) groups is 1. The third-order valence-electron chi connectivity index (χ3n) is 4.74. The molecule has 0 N–H and O–H groups in total. The van der Waals surface area contributed by atoms with Gasteiger partial charge in [0.15, 0.2) is 6.10 Å². The lowest BCUT2D eigenvalue weighted by atomic mass is 9.99. The van der Waals surface area contributed by atoms with Crippen LogP contribution in [0.15, 0.2) is 59.1 Å². The van der Waals surface area contributed by atoms with Gasteiger partial charge in [-0.25, -0.2) is 0 Å². The smallest absolute Gasteiger partial charge is 0.263 e. The van der Waals surface area contributed by atoms with Gasteiger partial charge in [0.05, 0.1) is 18.6 Å². The summed E-state index contributed by atoms with van der Waals surface area (Å²) in [4.78, 5) is 18.8. The van der Waals surface area contributed by atoms with Crippen molar-refractivity contribution in [2.45, 2.75) is 18.9 Å². The molecule has 144 valence electrons. The fourth-order valence-electron chi connectivity index (χ4n) is 3.17. The molecule has 0 bridgehead atoms. The third kappa shape index (κ3) is 3.55. The Morgan fingerprint density at radius 2 is 1.86 bits per heavy atom. The Morgan fingerprint density at radius 3 is 2.61 bits per heavy atom. The molecule has 0 saturated carbocycles. The van der Waals surface area contributed by atoms with Crippen LogP contribution in [0, 0.1) is 0 Å². The van der Waals surface area contributed by atoms with Crippen molar-refractivity contribution in [2.75, 3.05) is 20.2 Å². The van der Waals surface area contributed by atoms with Crippen molar-refractivity contribution in [3.8, 4) is 22.9 Å². The van der Waals surface area contributed by atoms with Crippen LogP contribution in [0.1, 0.15) is 18.7 Å². The number of para-hydroxylation sites is 2. The van der Waals surface area contributed by atoms with Gasteiger partial charge in [-0.05, 0) is 31.2 Å². The van der Waals surface area contributed by atoms with E-state index in [0.717, 1.165) is 5.56 Å². The molecule has 0 spiro atoms. The lowest BCUT2D eigenvalue weighted by molar-refractivity contribution is -0.142. The first kappa shape index (κ1) is 18.0. The van der Waals surface area contributed by atoms with Crippen LogP contribution in [0.3, 0.4) is 0 Å². The van der Waals surface area contributed by atoms with Gasteiger partial charge in [-0.2, -0.15) is 4.98 Å². The zero-order valence-corrected chi connectivity index (χ0v) is 15.7. The van der Waals surface area contributed by atoms with Crippen LogP contribution in [0.5, 0.6) is 11.5 Å². The van der Waals surface area contributed by atoms with Crippen LogP contribution in [-0.2, 0) is 4.79 Å². The summed E-state index contributed by atoms with van der Waals surface area (Å²) in [5, 5.41) is 4.06. The molecule has 3 aromatic rings. The van der Waals surface area contributed by atoms with Crippen LogP contribution in [0.4, 0.5) is 0 Å². The first-order chi connectivity index (χ1) is 13.7. The fraction of sp³-hybridized carbons (Fsp3) is 0.286. The van der Waals surface area contributed by atoms with Gasteiger partial charge in [0.1, 0.15) is 11.5 Å². The van der Waals surface area contributed by atoms with Gasteiger partial charge in [-0.1, -0.05) is 35.5 Å². The highest BCUT2D eigenvalue weighted by atomic mass is 16.5. The standard InChI is InChI=1S/C21H21N3O4/c1-14(27-16-8-4-3-5-9-16)21(25)24-12-15(13-24)20-22-19(23-28-20)17-10-6-7-11-18(17)26-2/h3-11,14-15H,12-13H2,1-2H3. The van der Waals surface area contributed by atoms with Crippen LogP contribution in [0.2, 0.25) is 0 Å². The van der Waals surface area contributed by atoms with Crippen molar-refractivity contribution < 1.29 is 18.8 Å². The lowest BCUT2D eigenvalue weighted by Crippen LogP contribution is -2.52. The maximum Gasteiger partial charge on any atom is 0.263 e. The molecule has 28 heavy (non-hydrogen) atoms. The van der Waals surface area contributed by atoms with Crippen LogP contribution in [-0.4, -0.2) is 47.3 Å². The number of ether oxygens (including phenoxy) is 2. The highest BCUT2D eigenvalue weighted by Gasteiger charge is 2.38. The molecule has 7 nitrogen and oxygen atoms in total. The fourth-order valence-corrected chi connectivity index (χ4v) is 3.17. The van der Waals surface area contributed by atoms with Crippen molar-refractivity contribution in [1.82, 2.24) is 15.0 Å². The minimum atomic E-state index is -0.546. The Balaban J connectivity index is 1.36. The normalized spacial score (nSPS) is 15.0. The summed E-state index contributed by atoms with van der Waals surface area (Å²) in [6.07, 6.45) is -0.546.